The van der Waals surface area contributed by atoms with Crippen LogP contribution in [0.3, 0.4) is 0 Å². The number of hydrogen-bond acceptors (Lipinski definition) is 2. The second-order valence-electron chi connectivity index (χ2n) is 6.11. The van der Waals surface area contributed by atoms with Crippen LogP contribution in [-0.4, -0.2) is 5.54 Å². The van der Waals surface area contributed by atoms with Crippen LogP contribution in [0.15, 0.2) is 78.4 Å². The van der Waals surface area contributed by atoms with Crippen LogP contribution in [0, 0.1) is 0 Å². The monoisotopic (exact) mass is 290 g/mol. The number of allylic oxidation sites excluding steroid dienone is 2. The maximum absolute atomic E-state index is 5.85. The van der Waals surface area contributed by atoms with Crippen LogP contribution in [0.2, 0.25) is 0 Å². The fourth-order valence-electron chi connectivity index (χ4n) is 2.92. The Morgan fingerprint density at radius 2 is 1.59 bits per heavy atom. The zero-order valence-electron chi connectivity index (χ0n) is 13.2. The molecular formula is C20H22N2. The second-order valence-corrected chi connectivity index (χ2v) is 6.11. The molecule has 0 saturated carbocycles. The summed E-state index contributed by atoms with van der Waals surface area (Å²) in [6.07, 6.45) is 7.78. The van der Waals surface area contributed by atoms with E-state index in [4.69, 9.17) is 5.73 Å². The highest BCUT2D eigenvalue weighted by molar-refractivity contribution is 5.68. The van der Waals surface area contributed by atoms with Crippen molar-refractivity contribution in [2.24, 2.45) is 0 Å². The summed E-state index contributed by atoms with van der Waals surface area (Å²) in [5.74, 6) is 0. The van der Waals surface area contributed by atoms with Gasteiger partial charge in [-0.15, -0.1) is 0 Å². The van der Waals surface area contributed by atoms with Crippen LogP contribution >= 0.6 is 0 Å². The fraction of sp³-hybridized carbons (Fsp3) is 0.200. The lowest BCUT2D eigenvalue weighted by Crippen LogP contribution is -2.42. The molecule has 1 aliphatic carbocycles. The fourth-order valence-corrected chi connectivity index (χ4v) is 2.92. The normalized spacial score (nSPS) is 20.5. The third-order valence-electron chi connectivity index (χ3n) is 4.22. The van der Waals surface area contributed by atoms with Crippen molar-refractivity contribution in [3.8, 4) is 0 Å². The van der Waals surface area contributed by atoms with Crippen LogP contribution in [0.4, 0.5) is 17.1 Å². The number of para-hydroxylation sites is 1. The average molecular weight is 290 g/mol. The van der Waals surface area contributed by atoms with E-state index in [1.807, 2.05) is 18.2 Å². The molecular weight excluding hydrogens is 268 g/mol. The molecule has 1 unspecified atom stereocenters. The van der Waals surface area contributed by atoms with E-state index in [9.17, 15) is 0 Å². The molecule has 0 spiro atoms. The minimum Gasteiger partial charge on any atom is -0.399 e. The number of nitrogens with two attached hydrogens (primary N) is 1. The first kappa shape index (κ1) is 14.5. The second kappa shape index (κ2) is 5.72. The number of nitrogen functional groups attached to an aromatic ring is 1. The lowest BCUT2D eigenvalue weighted by molar-refractivity contribution is 0.567. The van der Waals surface area contributed by atoms with Crippen molar-refractivity contribution in [1.82, 2.24) is 0 Å². The van der Waals surface area contributed by atoms with Gasteiger partial charge in [0.2, 0.25) is 0 Å². The predicted molar refractivity (Wildman–Crippen MR) is 95.4 cm³/mol. The maximum atomic E-state index is 5.85. The predicted octanol–water partition coefficient (Wildman–Crippen LogP) is 5.07. The van der Waals surface area contributed by atoms with Crippen LogP contribution in [0.5, 0.6) is 0 Å². The summed E-state index contributed by atoms with van der Waals surface area (Å²) >= 11 is 0. The molecule has 0 amide bonds. The van der Waals surface area contributed by atoms with Gasteiger partial charge in [-0.3, -0.25) is 0 Å². The molecule has 0 aromatic heterocycles. The SMILES string of the molecule is CC1=CCC(C)(N(c2ccccc2)c2ccc(N)cc2)C=C1. The summed E-state index contributed by atoms with van der Waals surface area (Å²) in [7, 11) is 0. The Kier molecular flexibility index (Phi) is 3.76. The zero-order chi connectivity index (χ0) is 15.6. The van der Waals surface area contributed by atoms with E-state index in [1.54, 1.807) is 0 Å². The minimum atomic E-state index is -0.0863. The molecule has 3 rings (SSSR count). The standard InChI is InChI=1S/C20H22N2/c1-16-12-14-20(2,15-13-16)22(18-6-4-3-5-7-18)19-10-8-17(21)9-11-19/h3-14H,15,21H2,1-2H3. The molecule has 112 valence electrons. The number of rotatable bonds is 3. The van der Waals surface area contributed by atoms with Crippen LogP contribution < -0.4 is 10.6 Å². The highest BCUT2D eigenvalue weighted by Gasteiger charge is 2.31. The molecule has 0 saturated heterocycles. The van der Waals surface area contributed by atoms with Gasteiger partial charge in [0.15, 0.2) is 0 Å². The van der Waals surface area contributed by atoms with Gasteiger partial charge in [0.25, 0.3) is 0 Å². The number of benzene rings is 2. The summed E-state index contributed by atoms with van der Waals surface area (Å²) in [5, 5.41) is 0. The van der Waals surface area contributed by atoms with Crippen molar-refractivity contribution in [3.63, 3.8) is 0 Å². The molecule has 0 radical (unpaired) electrons. The van der Waals surface area contributed by atoms with Gasteiger partial charge < -0.3 is 10.6 Å². The van der Waals surface area contributed by atoms with Gasteiger partial charge in [0, 0.05) is 17.1 Å². The van der Waals surface area contributed by atoms with E-state index in [0.717, 1.165) is 17.8 Å². The summed E-state index contributed by atoms with van der Waals surface area (Å²) in [6.45, 7) is 4.42. The van der Waals surface area contributed by atoms with Crippen molar-refractivity contribution in [2.75, 3.05) is 10.6 Å². The van der Waals surface area contributed by atoms with Gasteiger partial charge in [0.1, 0.15) is 0 Å². The molecule has 2 aromatic rings. The Labute approximate surface area is 132 Å². The highest BCUT2D eigenvalue weighted by Crippen LogP contribution is 2.38. The summed E-state index contributed by atoms with van der Waals surface area (Å²) in [6, 6.07) is 18.6. The van der Waals surface area contributed by atoms with Gasteiger partial charge in [-0.1, -0.05) is 42.0 Å². The molecule has 0 fully saturated rings. The molecule has 0 heterocycles. The first-order chi connectivity index (χ1) is 10.6. The first-order valence-electron chi connectivity index (χ1n) is 7.65. The highest BCUT2D eigenvalue weighted by atomic mass is 15.2. The van der Waals surface area contributed by atoms with Crippen molar-refractivity contribution in [1.29, 1.82) is 0 Å². The topological polar surface area (TPSA) is 29.3 Å². The van der Waals surface area contributed by atoms with Crippen LogP contribution in [-0.2, 0) is 0 Å². The smallest absolute Gasteiger partial charge is 0.0643 e. The van der Waals surface area contributed by atoms with E-state index in [1.165, 1.54) is 11.3 Å². The lowest BCUT2D eigenvalue weighted by atomic mass is 9.88. The van der Waals surface area contributed by atoms with Gasteiger partial charge in [0.05, 0.1) is 5.54 Å². The largest absolute Gasteiger partial charge is 0.399 e. The van der Waals surface area contributed by atoms with Gasteiger partial charge in [-0.2, -0.15) is 0 Å². The summed E-state index contributed by atoms with van der Waals surface area (Å²) in [4.78, 5) is 2.38. The van der Waals surface area contributed by atoms with Crippen LogP contribution in [0.1, 0.15) is 20.3 Å². The molecule has 0 aliphatic heterocycles. The maximum Gasteiger partial charge on any atom is 0.0643 e. The molecule has 2 nitrogen and oxygen atoms in total. The Hall–Kier alpha value is -2.48. The zero-order valence-corrected chi connectivity index (χ0v) is 13.2. The van der Waals surface area contributed by atoms with Crippen molar-refractivity contribution in [2.45, 2.75) is 25.8 Å². The molecule has 0 bridgehead atoms. The molecule has 2 heteroatoms. The average Bonchev–Trinajstić information content (AvgIpc) is 2.54. The van der Waals surface area contributed by atoms with E-state index in [2.05, 4.69) is 73.4 Å². The van der Waals surface area contributed by atoms with Crippen molar-refractivity contribution >= 4 is 17.1 Å². The van der Waals surface area contributed by atoms with Crippen molar-refractivity contribution < 1.29 is 0 Å². The van der Waals surface area contributed by atoms with E-state index in [0.29, 0.717) is 0 Å². The van der Waals surface area contributed by atoms with Crippen LogP contribution in [0.25, 0.3) is 0 Å². The number of anilines is 3. The summed E-state index contributed by atoms with van der Waals surface area (Å²) in [5.41, 5.74) is 10.2. The molecule has 2 aromatic carbocycles. The Morgan fingerprint density at radius 3 is 2.18 bits per heavy atom. The van der Waals surface area contributed by atoms with E-state index >= 15 is 0 Å². The third-order valence-corrected chi connectivity index (χ3v) is 4.22. The van der Waals surface area contributed by atoms with Crippen molar-refractivity contribution in [3.05, 3.63) is 78.4 Å². The lowest BCUT2D eigenvalue weighted by Gasteiger charge is -2.42. The third kappa shape index (κ3) is 2.77. The first-order valence-corrected chi connectivity index (χ1v) is 7.65. The Bertz CT molecular complexity index is 698. The number of hydrogen-bond donors (Lipinski definition) is 1. The van der Waals surface area contributed by atoms with E-state index in [-0.39, 0.29) is 5.54 Å². The molecule has 1 aliphatic rings. The number of nitrogens with zero attached hydrogens (tertiary/aromatic N) is 1. The molecule has 22 heavy (non-hydrogen) atoms. The van der Waals surface area contributed by atoms with E-state index < -0.39 is 0 Å². The van der Waals surface area contributed by atoms with Gasteiger partial charge >= 0.3 is 0 Å². The Morgan fingerprint density at radius 1 is 0.955 bits per heavy atom. The molecule has 1 atom stereocenters. The Balaban J connectivity index is 2.08. The molecule has 2 N–H and O–H groups in total. The van der Waals surface area contributed by atoms with Gasteiger partial charge in [-0.25, -0.2) is 0 Å². The van der Waals surface area contributed by atoms with Gasteiger partial charge in [-0.05, 0) is 56.7 Å². The minimum absolute atomic E-state index is 0.0863. The quantitative estimate of drug-likeness (QED) is 0.799. The summed E-state index contributed by atoms with van der Waals surface area (Å²) < 4.78 is 0.